The molecule has 132 valence electrons. The van der Waals surface area contributed by atoms with Gasteiger partial charge in [-0.05, 0) is 40.9 Å². The van der Waals surface area contributed by atoms with Crippen LogP contribution in [-0.4, -0.2) is 29.5 Å². The summed E-state index contributed by atoms with van der Waals surface area (Å²) in [5.41, 5.74) is 1.47. The zero-order chi connectivity index (χ0) is 18.2. The molecule has 5 nitrogen and oxygen atoms in total. The number of rotatable bonds is 7. The van der Waals surface area contributed by atoms with Crippen LogP contribution in [0.15, 0.2) is 53.3 Å². The van der Waals surface area contributed by atoms with Crippen LogP contribution in [-0.2, 0) is 9.53 Å². The summed E-state index contributed by atoms with van der Waals surface area (Å²) in [6.07, 6.45) is 3.00. The Kier molecular flexibility index (Phi) is 7.13. The predicted molar refractivity (Wildman–Crippen MR) is 99.3 cm³/mol. The molecule has 6 heteroatoms. The minimum absolute atomic E-state index is 0.224. The third-order valence-electron chi connectivity index (χ3n) is 3.88. The van der Waals surface area contributed by atoms with Crippen LogP contribution in [0, 0.1) is 0 Å². The maximum atomic E-state index is 12.2. The van der Waals surface area contributed by atoms with Gasteiger partial charge in [0, 0.05) is 29.3 Å². The number of esters is 1. The number of nitrogens with zero attached hydrogens (tertiary/aromatic N) is 1. The van der Waals surface area contributed by atoms with Crippen molar-refractivity contribution in [3.8, 4) is 0 Å². The third-order valence-corrected chi connectivity index (χ3v) is 4.31. The number of aromatic nitrogens is 1. The number of pyridine rings is 1. The van der Waals surface area contributed by atoms with E-state index in [-0.39, 0.29) is 11.8 Å². The quantitative estimate of drug-likeness (QED) is 0.714. The molecule has 2 atom stereocenters. The lowest BCUT2D eigenvalue weighted by molar-refractivity contribution is -0.129. The maximum absolute atomic E-state index is 12.2. The van der Waals surface area contributed by atoms with Crippen molar-refractivity contribution in [2.75, 3.05) is 6.54 Å². The molecule has 1 aromatic heterocycles. The molecule has 0 unspecified atom stereocenters. The summed E-state index contributed by atoms with van der Waals surface area (Å²) in [5, 5.41) is 2.86. The molecule has 0 spiro atoms. The van der Waals surface area contributed by atoms with E-state index in [0.717, 1.165) is 6.42 Å². The summed E-state index contributed by atoms with van der Waals surface area (Å²) in [7, 11) is 0. The number of hydrogen-bond acceptors (Lipinski definition) is 4. The number of carbonyl (C=O) groups is 2. The van der Waals surface area contributed by atoms with Crippen molar-refractivity contribution in [1.29, 1.82) is 0 Å². The second kappa shape index (κ2) is 9.32. The second-order valence-electron chi connectivity index (χ2n) is 5.70. The normalized spacial score (nSPS) is 12.9. The average molecular weight is 405 g/mol. The van der Waals surface area contributed by atoms with Crippen LogP contribution < -0.4 is 5.32 Å². The van der Waals surface area contributed by atoms with Gasteiger partial charge in [0.1, 0.15) is 0 Å². The maximum Gasteiger partial charge on any atom is 0.340 e. The molecule has 25 heavy (non-hydrogen) atoms. The summed E-state index contributed by atoms with van der Waals surface area (Å²) in [5.74, 6) is -0.667. The smallest absolute Gasteiger partial charge is 0.340 e. The van der Waals surface area contributed by atoms with Gasteiger partial charge in [0.05, 0.1) is 5.56 Å². The Morgan fingerprint density at radius 2 is 1.96 bits per heavy atom. The summed E-state index contributed by atoms with van der Waals surface area (Å²) >= 11 is 3.25. The van der Waals surface area contributed by atoms with E-state index < -0.39 is 12.1 Å². The molecule has 0 saturated heterocycles. The zero-order valence-corrected chi connectivity index (χ0v) is 15.8. The molecule has 0 saturated carbocycles. The van der Waals surface area contributed by atoms with E-state index >= 15 is 0 Å². The molecule has 1 heterocycles. The van der Waals surface area contributed by atoms with Crippen molar-refractivity contribution in [1.82, 2.24) is 10.3 Å². The van der Waals surface area contributed by atoms with E-state index in [9.17, 15) is 9.59 Å². The first-order valence-electron chi connectivity index (χ1n) is 8.15. The lowest BCUT2D eigenvalue weighted by atomic mass is 9.96. The highest BCUT2D eigenvalue weighted by Crippen LogP contribution is 2.18. The van der Waals surface area contributed by atoms with E-state index in [0.29, 0.717) is 16.6 Å². The molecular formula is C19H21BrN2O3. The second-order valence-corrected chi connectivity index (χ2v) is 6.62. The predicted octanol–water partition coefficient (Wildman–Crippen LogP) is 3.70. The summed E-state index contributed by atoms with van der Waals surface area (Å²) < 4.78 is 5.89. The van der Waals surface area contributed by atoms with Crippen molar-refractivity contribution in [3.05, 3.63) is 64.4 Å². The molecule has 0 aliphatic carbocycles. The molecule has 2 aromatic rings. The van der Waals surface area contributed by atoms with Crippen molar-refractivity contribution in [3.63, 3.8) is 0 Å². The number of carbonyl (C=O) groups excluding carboxylic acids is 2. The lowest BCUT2D eigenvalue weighted by Gasteiger charge is -2.18. The fourth-order valence-electron chi connectivity index (χ4n) is 2.40. The van der Waals surface area contributed by atoms with E-state index in [2.05, 4.69) is 33.2 Å². The van der Waals surface area contributed by atoms with Gasteiger partial charge in [0.15, 0.2) is 6.10 Å². The molecule has 1 amide bonds. The SMILES string of the molecule is CC[C@@H](CNC(=O)[C@H](C)OC(=O)c1cncc(Br)c1)c1ccccc1. The average Bonchev–Trinajstić information content (AvgIpc) is 2.62. The highest BCUT2D eigenvalue weighted by atomic mass is 79.9. The monoisotopic (exact) mass is 404 g/mol. The highest BCUT2D eigenvalue weighted by Gasteiger charge is 2.20. The molecule has 0 aliphatic rings. The first-order chi connectivity index (χ1) is 12.0. The number of amides is 1. The summed E-state index contributed by atoms with van der Waals surface area (Å²) in [6, 6.07) is 11.6. The molecule has 2 rings (SSSR count). The lowest BCUT2D eigenvalue weighted by Crippen LogP contribution is -2.38. The van der Waals surface area contributed by atoms with Crippen molar-refractivity contribution in [2.45, 2.75) is 32.3 Å². The van der Waals surface area contributed by atoms with Crippen LogP contribution in [0.5, 0.6) is 0 Å². The van der Waals surface area contributed by atoms with E-state index in [1.807, 2.05) is 30.3 Å². The Hall–Kier alpha value is -2.21. The van der Waals surface area contributed by atoms with Gasteiger partial charge in [-0.3, -0.25) is 9.78 Å². The fraction of sp³-hybridized carbons (Fsp3) is 0.316. The Bertz CT molecular complexity index is 722. The number of benzene rings is 1. The van der Waals surface area contributed by atoms with Crippen LogP contribution in [0.4, 0.5) is 0 Å². The number of ether oxygens (including phenoxy) is 1. The Labute approximate surface area is 155 Å². The van der Waals surface area contributed by atoms with Crippen molar-refractivity contribution >= 4 is 27.8 Å². The summed E-state index contributed by atoms with van der Waals surface area (Å²) in [4.78, 5) is 28.2. The standard InChI is InChI=1S/C19H21BrN2O3/c1-3-14(15-7-5-4-6-8-15)11-22-18(23)13(2)25-19(24)16-9-17(20)12-21-10-16/h4-10,12-14H,3,11H2,1-2H3,(H,22,23)/t13-,14-/m0/s1. The van der Waals surface area contributed by atoms with Crippen LogP contribution >= 0.6 is 15.9 Å². The van der Waals surface area contributed by atoms with Crippen LogP contribution in [0.1, 0.15) is 42.1 Å². The largest absolute Gasteiger partial charge is 0.449 e. The molecule has 0 bridgehead atoms. The van der Waals surface area contributed by atoms with E-state index in [1.165, 1.54) is 11.8 Å². The molecule has 0 fully saturated rings. The van der Waals surface area contributed by atoms with Gasteiger partial charge in [-0.15, -0.1) is 0 Å². The van der Waals surface area contributed by atoms with Crippen molar-refractivity contribution < 1.29 is 14.3 Å². The van der Waals surface area contributed by atoms with Crippen LogP contribution in [0.3, 0.4) is 0 Å². The topological polar surface area (TPSA) is 68.3 Å². The molecular weight excluding hydrogens is 384 g/mol. The van der Waals surface area contributed by atoms with Gasteiger partial charge < -0.3 is 10.1 Å². The highest BCUT2D eigenvalue weighted by molar-refractivity contribution is 9.10. The van der Waals surface area contributed by atoms with Gasteiger partial charge in [0.25, 0.3) is 5.91 Å². The molecule has 1 aromatic carbocycles. The summed E-state index contributed by atoms with van der Waals surface area (Å²) in [6.45, 7) is 4.13. The van der Waals surface area contributed by atoms with Gasteiger partial charge in [-0.25, -0.2) is 4.79 Å². The van der Waals surface area contributed by atoms with Gasteiger partial charge in [-0.1, -0.05) is 37.3 Å². The number of nitrogens with one attached hydrogen (secondary N) is 1. The number of halogens is 1. The molecule has 0 aliphatic heterocycles. The third kappa shape index (κ3) is 5.67. The van der Waals surface area contributed by atoms with Crippen molar-refractivity contribution in [2.24, 2.45) is 0 Å². The Balaban J connectivity index is 1.88. The number of hydrogen-bond donors (Lipinski definition) is 1. The molecule has 1 N–H and O–H groups in total. The Morgan fingerprint density at radius 3 is 2.60 bits per heavy atom. The fourth-order valence-corrected chi connectivity index (χ4v) is 2.76. The van der Waals surface area contributed by atoms with Gasteiger partial charge >= 0.3 is 5.97 Å². The first kappa shape index (κ1) is 19.1. The molecule has 0 radical (unpaired) electrons. The van der Waals surface area contributed by atoms with E-state index in [4.69, 9.17) is 4.74 Å². The Morgan fingerprint density at radius 1 is 1.24 bits per heavy atom. The van der Waals surface area contributed by atoms with Crippen LogP contribution in [0.2, 0.25) is 0 Å². The first-order valence-corrected chi connectivity index (χ1v) is 8.94. The van der Waals surface area contributed by atoms with Crippen LogP contribution in [0.25, 0.3) is 0 Å². The van der Waals surface area contributed by atoms with E-state index in [1.54, 1.807) is 19.2 Å². The minimum Gasteiger partial charge on any atom is -0.449 e. The zero-order valence-electron chi connectivity index (χ0n) is 14.2. The minimum atomic E-state index is -0.875. The van der Waals surface area contributed by atoms with Gasteiger partial charge in [0.2, 0.25) is 0 Å². The van der Waals surface area contributed by atoms with Gasteiger partial charge in [-0.2, -0.15) is 0 Å².